The topological polar surface area (TPSA) is 29.0 Å². The zero-order chi connectivity index (χ0) is 14.3. The number of piperidine rings is 1. The highest BCUT2D eigenvalue weighted by atomic mass is 19.4. The summed E-state index contributed by atoms with van der Waals surface area (Å²) in [7, 11) is 0. The van der Waals surface area contributed by atoms with Gasteiger partial charge >= 0.3 is 6.18 Å². The smallest absolute Gasteiger partial charge is 0.356 e. The van der Waals surface area contributed by atoms with Crippen molar-refractivity contribution in [3.05, 3.63) is 17.6 Å². The van der Waals surface area contributed by atoms with Gasteiger partial charge in [0.1, 0.15) is 11.6 Å². The molecule has 0 aromatic carbocycles. The third kappa shape index (κ3) is 2.88. The van der Waals surface area contributed by atoms with Crippen molar-refractivity contribution >= 4 is 5.82 Å². The zero-order valence-corrected chi connectivity index (χ0v) is 11.5. The number of hydrogen-bond acceptors (Lipinski definition) is 3. The first-order chi connectivity index (χ1) is 9.43. The molecule has 2 fully saturated rings. The van der Waals surface area contributed by atoms with Gasteiger partial charge < -0.3 is 4.90 Å². The first-order valence-corrected chi connectivity index (χ1v) is 7.11. The minimum Gasteiger partial charge on any atom is -0.356 e. The molecule has 1 aliphatic carbocycles. The van der Waals surface area contributed by atoms with Crippen molar-refractivity contribution in [3.63, 3.8) is 0 Å². The number of halogens is 3. The van der Waals surface area contributed by atoms with Gasteiger partial charge in [-0.3, -0.25) is 0 Å². The fourth-order valence-corrected chi connectivity index (χ4v) is 2.71. The largest absolute Gasteiger partial charge is 0.393 e. The van der Waals surface area contributed by atoms with Crippen molar-refractivity contribution in [3.8, 4) is 0 Å². The van der Waals surface area contributed by atoms with Crippen LogP contribution in [0.4, 0.5) is 19.0 Å². The molecule has 20 heavy (non-hydrogen) atoms. The Morgan fingerprint density at radius 3 is 2.60 bits per heavy atom. The summed E-state index contributed by atoms with van der Waals surface area (Å²) in [5.74, 6) is 0.634. The van der Waals surface area contributed by atoms with Crippen LogP contribution in [0.1, 0.15) is 43.1 Å². The van der Waals surface area contributed by atoms with Crippen molar-refractivity contribution in [1.29, 1.82) is 0 Å². The Kier molecular flexibility index (Phi) is 3.34. The zero-order valence-electron chi connectivity index (χ0n) is 11.5. The molecule has 6 heteroatoms. The van der Waals surface area contributed by atoms with Gasteiger partial charge in [0.05, 0.1) is 5.92 Å². The lowest BCUT2D eigenvalue weighted by molar-refractivity contribution is -0.176. The van der Waals surface area contributed by atoms with Crippen LogP contribution in [0.5, 0.6) is 0 Å². The predicted octanol–water partition coefficient (Wildman–Crippen LogP) is 3.44. The SMILES string of the molecule is Cc1cc(N2CCCC(C(F)(F)F)C2)nc(C2CC2)n1. The van der Waals surface area contributed by atoms with Gasteiger partial charge in [0.25, 0.3) is 0 Å². The first kappa shape index (κ1) is 13.6. The molecule has 3 nitrogen and oxygen atoms in total. The molecule has 0 N–H and O–H groups in total. The molecule has 1 saturated carbocycles. The molecule has 110 valence electrons. The van der Waals surface area contributed by atoms with E-state index in [0.29, 0.717) is 24.7 Å². The highest BCUT2D eigenvalue weighted by molar-refractivity contribution is 5.41. The third-order valence-corrected chi connectivity index (χ3v) is 4.01. The van der Waals surface area contributed by atoms with E-state index in [2.05, 4.69) is 9.97 Å². The van der Waals surface area contributed by atoms with Gasteiger partial charge in [0, 0.05) is 30.8 Å². The second-order valence-corrected chi connectivity index (χ2v) is 5.83. The normalized spacial score (nSPS) is 24.0. The van der Waals surface area contributed by atoms with Crippen LogP contribution in [0.2, 0.25) is 0 Å². The molecular formula is C14H18F3N3. The van der Waals surface area contributed by atoms with E-state index in [1.54, 1.807) is 11.0 Å². The standard InChI is InChI=1S/C14H18F3N3/c1-9-7-12(19-13(18-9)10-4-5-10)20-6-2-3-11(8-20)14(15,16)17/h7,10-11H,2-6,8H2,1H3. The molecule has 0 bridgehead atoms. The van der Waals surface area contributed by atoms with E-state index in [1.165, 1.54) is 0 Å². The highest BCUT2D eigenvalue weighted by Gasteiger charge is 2.42. The fraction of sp³-hybridized carbons (Fsp3) is 0.714. The number of alkyl halides is 3. The molecule has 1 aromatic rings. The van der Waals surface area contributed by atoms with Crippen LogP contribution in [0.25, 0.3) is 0 Å². The van der Waals surface area contributed by atoms with Crippen molar-refractivity contribution in [1.82, 2.24) is 9.97 Å². The lowest BCUT2D eigenvalue weighted by Crippen LogP contribution is -2.42. The summed E-state index contributed by atoms with van der Waals surface area (Å²) in [6.45, 7) is 2.54. The summed E-state index contributed by atoms with van der Waals surface area (Å²) in [5, 5.41) is 0. The van der Waals surface area contributed by atoms with Gasteiger partial charge in [-0.1, -0.05) is 0 Å². The second-order valence-electron chi connectivity index (χ2n) is 5.83. The van der Waals surface area contributed by atoms with Crippen LogP contribution in [-0.2, 0) is 0 Å². The average molecular weight is 285 g/mol. The predicted molar refractivity (Wildman–Crippen MR) is 69.7 cm³/mol. The molecule has 1 unspecified atom stereocenters. The quantitative estimate of drug-likeness (QED) is 0.833. The fourth-order valence-electron chi connectivity index (χ4n) is 2.71. The number of aromatic nitrogens is 2. The molecule has 3 rings (SSSR count). The summed E-state index contributed by atoms with van der Waals surface area (Å²) < 4.78 is 38.6. The van der Waals surface area contributed by atoms with E-state index in [0.717, 1.165) is 24.4 Å². The van der Waals surface area contributed by atoms with E-state index < -0.39 is 12.1 Å². The maximum Gasteiger partial charge on any atom is 0.393 e. The molecule has 0 amide bonds. The van der Waals surface area contributed by atoms with Crippen LogP contribution in [0, 0.1) is 12.8 Å². The van der Waals surface area contributed by atoms with Crippen LogP contribution in [0.15, 0.2) is 6.07 Å². The van der Waals surface area contributed by atoms with Crippen molar-refractivity contribution in [2.45, 2.75) is 44.7 Å². The van der Waals surface area contributed by atoms with E-state index in [1.807, 2.05) is 6.92 Å². The molecular weight excluding hydrogens is 267 g/mol. The number of aryl methyl sites for hydroxylation is 1. The molecule has 2 heterocycles. The van der Waals surface area contributed by atoms with Crippen LogP contribution in [-0.4, -0.2) is 29.2 Å². The molecule has 0 radical (unpaired) electrons. The maximum absolute atomic E-state index is 12.9. The summed E-state index contributed by atoms with van der Waals surface area (Å²) in [4.78, 5) is 10.6. The van der Waals surface area contributed by atoms with E-state index in [9.17, 15) is 13.2 Å². The van der Waals surface area contributed by atoms with Gasteiger partial charge in [-0.05, 0) is 32.6 Å². The lowest BCUT2D eigenvalue weighted by atomic mass is 9.97. The van der Waals surface area contributed by atoms with E-state index in [4.69, 9.17) is 0 Å². The summed E-state index contributed by atoms with van der Waals surface area (Å²) >= 11 is 0. The highest BCUT2D eigenvalue weighted by Crippen LogP contribution is 2.39. The summed E-state index contributed by atoms with van der Waals surface area (Å²) in [6, 6.07) is 1.80. The number of rotatable bonds is 2. The number of nitrogens with zero attached hydrogens (tertiary/aromatic N) is 3. The van der Waals surface area contributed by atoms with Gasteiger partial charge in [-0.15, -0.1) is 0 Å². The Hall–Kier alpha value is -1.33. The number of anilines is 1. The Morgan fingerprint density at radius 2 is 1.95 bits per heavy atom. The minimum absolute atomic E-state index is 0.0179. The van der Waals surface area contributed by atoms with Gasteiger partial charge in [0.15, 0.2) is 0 Å². The maximum atomic E-state index is 12.9. The van der Waals surface area contributed by atoms with E-state index in [-0.39, 0.29) is 13.0 Å². The first-order valence-electron chi connectivity index (χ1n) is 7.11. The van der Waals surface area contributed by atoms with Crippen LogP contribution < -0.4 is 4.90 Å². The Morgan fingerprint density at radius 1 is 1.20 bits per heavy atom. The van der Waals surface area contributed by atoms with Gasteiger partial charge in [-0.2, -0.15) is 13.2 Å². The van der Waals surface area contributed by atoms with Crippen LogP contribution >= 0.6 is 0 Å². The van der Waals surface area contributed by atoms with Crippen LogP contribution in [0.3, 0.4) is 0 Å². The molecule has 1 aliphatic heterocycles. The van der Waals surface area contributed by atoms with Crippen molar-refractivity contribution in [2.75, 3.05) is 18.0 Å². The van der Waals surface area contributed by atoms with Gasteiger partial charge in [-0.25, -0.2) is 9.97 Å². The minimum atomic E-state index is -4.11. The average Bonchev–Trinajstić information content (AvgIpc) is 3.21. The molecule has 1 atom stereocenters. The van der Waals surface area contributed by atoms with E-state index >= 15 is 0 Å². The number of hydrogen-bond donors (Lipinski definition) is 0. The molecule has 1 aromatic heterocycles. The monoisotopic (exact) mass is 285 g/mol. The van der Waals surface area contributed by atoms with Gasteiger partial charge in [0.2, 0.25) is 0 Å². The third-order valence-electron chi connectivity index (χ3n) is 4.01. The lowest BCUT2D eigenvalue weighted by Gasteiger charge is -2.34. The Balaban J connectivity index is 1.81. The molecule has 2 aliphatic rings. The summed E-state index contributed by atoms with van der Waals surface area (Å²) in [5.41, 5.74) is 0.839. The molecule has 0 spiro atoms. The Labute approximate surface area is 116 Å². The Bertz CT molecular complexity index is 497. The second kappa shape index (κ2) is 4.90. The van der Waals surface area contributed by atoms with Crippen molar-refractivity contribution < 1.29 is 13.2 Å². The van der Waals surface area contributed by atoms with Crippen molar-refractivity contribution in [2.24, 2.45) is 5.92 Å². The molecule has 1 saturated heterocycles. The summed E-state index contributed by atoms with van der Waals surface area (Å²) in [6.07, 6.45) is -1.15.